The highest BCUT2D eigenvalue weighted by atomic mass is 32.2. The number of amides is 1. The summed E-state index contributed by atoms with van der Waals surface area (Å²) in [5, 5.41) is 14.1. The first-order valence-corrected chi connectivity index (χ1v) is 5.24. The van der Waals surface area contributed by atoms with Crippen LogP contribution >= 0.6 is 11.8 Å². The van der Waals surface area contributed by atoms with Gasteiger partial charge >= 0.3 is 0 Å². The lowest BCUT2D eigenvalue weighted by Crippen LogP contribution is -2.20. The summed E-state index contributed by atoms with van der Waals surface area (Å²) in [6.45, 7) is 0. The molecule has 1 aliphatic rings. The predicted molar refractivity (Wildman–Crippen MR) is 58.3 cm³/mol. The SMILES string of the molecule is N/C(=N\O)c1ccc2c(c1)NC(=O)CS2. The number of nitrogens with one attached hydrogen (secondary N) is 1. The Labute approximate surface area is 90.3 Å². The van der Waals surface area contributed by atoms with E-state index in [2.05, 4.69) is 10.5 Å². The molecule has 1 heterocycles. The first-order valence-electron chi connectivity index (χ1n) is 4.25. The van der Waals surface area contributed by atoms with E-state index >= 15 is 0 Å². The quantitative estimate of drug-likeness (QED) is 0.285. The Kier molecular flexibility index (Phi) is 2.51. The molecular weight excluding hydrogens is 214 g/mol. The van der Waals surface area contributed by atoms with Gasteiger partial charge in [-0.25, -0.2) is 0 Å². The number of carbonyl (C=O) groups excluding carboxylic acids is 1. The molecule has 0 saturated carbocycles. The topological polar surface area (TPSA) is 87.7 Å². The molecule has 78 valence electrons. The van der Waals surface area contributed by atoms with Crippen LogP contribution in [-0.4, -0.2) is 22.7 Å². The van der Waals surface area contributed by atoms with Crippen molar-refractivity contribution >= 4 is 29.2 Å². The van der Waals surface area contributed by atoms with Gasteiger partial charge in [0.2, 0.25) is 5.91 Å². The van der Waals surface area contributed by atoms with Crippen LogP contribution in [0.15, 0.2) is 28.3 Å². The van der Waals surface area contributed by atoms with Crippen molar-refractivity contribution in [1.82, 2.24) is 0 Å². The van der Waals surface area contributed by atoms with Crippen LogP contribution in [0, 0.1) is 0 Å². The van der Waals surface area contributed by atoms with E-state index in [9.17, 15) is 4.79 Å². The highest BCUT2D eigenvalue weighted by Gasteiger charge is 2.15. The van der Waals surface area contributed by atoms with E-state index in [-0.39, 0.29) is 11.7 Å². The maximum Gasteiger partial charge on any atom is 0.234 e. The number of hydrogen-bond donors (Lipinski definition) is 3. The molecule has 0 unspecified atom stereocenters. The monoisotopic (exact) mass is 223 g/mol. The zero-order chi connectivity index (χ0) is 10.8. The number of carbonyl (C=O) groups is 1. The standard InChI is InChI=1S/C9H9N3O2S/c10-9(12-14)5-1-2-7-6(3-5)11-8(13)4-15-7/h1-3,14H,4H2,(H2,10,12)(H,11,13). The summed E-state index contributed by atoms with van der Waals surface area (Å²) in [6, 6.07) is 5.28. The average molecular weight is 223 g/mol. The van der Waals surface area contributed by atoms with Gasteiger partial charge in [-0.1, -0.05) is 5.16 Å². The fourth-order valence-corrected chi connectivity index (χ4v) is 2.09. The Morgan fingerprint density at radius 3 is 3.13 bits per heavy atom. The van der Waals surface area contributed by atoms with Crippen LogP contribution in [-0.2, 0) is 4.79 Å². The molecular formula is C9H9N3O2S. The molecule has 2 rings (SSSR count). The second kappa shape index (κ2) is 3.82. The summed E-state index contributed by atoms with van der Waals surface area (Å²) in [6.07, 6.45) is 0. The minimum atomic E-state index is -0.0378. The molecule has 0 aliphatic carbocycles. The van der Waals surface area contributed by atoms with Crippen molar-refractivity contribution in [2.24, 2.45) is 10.9 Å². The Hall–Kier alpha value is -1.69. The van der Waals surface area contributed by atoms with Gasteiger partial charge in [0, 0.05) is 10.5 Å². The van der Waals surface area contributed by atoms with E-state index in [1.165, 1.54) is 11.8 Å². The molecule has 0 saturated heterocycles. The lowest BCUT2D eigenvalue weighted by molar-refractivity contribution is -0.113. The van der Waals surface area contributed by atoms with Crippen LogP contribution in [0.25, 0.3) is 0 Å². The number of thioether (sulfide) groups is 1. The highest BCUT2D eigenvalue weighted by molar-refractivity contribution is 8.00. The Balaban J connectivity index is 2.41. The van der Waals surface area contributed by atoms with Gasteiger partial charge in [-0.2, -0.15) is 0 Å². The van der Waals surface area contributed by atoms with Gasteiger partial charge in [0.1, 0.15) is 0 Å². The molecule has 4 N–H and O–H groups in total. The maximum absolute atomic E-state index is 11.1. The van der Waals surface area contributed by atoms with Gasteiger partial charge in [0.15, 0.2) is 5.84 Å². The van der Waals surface area contributed by atoms with Crippen molar-refractivity contribution in [1.29, 1.82) is 0 Å². The molecule has 1 aromatic carbocycles. The molecule has 1 aromatic rings. The maximum atomic E-state index is 11.1. The van der Waals surface area contributed by atoms with Crippen molar-refractivity contribution in [3.05, 3.63) is 23.8 Å². The van der Waals surface area contributed by atoms with Crippen LogP contribution in [0.1, 0.15) is 5.56 Å². The zero-order valence-corrected chi connectivity index (χ0v) is 8.54. The summed E-state index contributed by atoms with van der Waals surface area (Å²) >= 11 is 1.47. The molecule has 1 aliphatic heterocycles. The van der Waals surface area contributed by atoms with Crippen molar-refractivity contribution in [3.8, 4) is 0 Å². The Morgan fingerprint density at radius 1 is 1.60 bits per heavy atom. The molecule has 6 heteroatoms. The average Bonchev–Trinajstić information content (AvgIpc) is 2.27. The van der Waals surface area contributed by atoms with Gasteiger partial charge < -0.3 is 16.3 Å². The molecule has 15 heavy (non-hydrogen) atoms. The molecule has 0 bridgehead atoms. The number of amidine groups is 1. The van der Waals surface area contributed by atoms with Crippen molar-refractivity contribution in [2.45, 2.75) is 4.90 Å². The number of hydrogen-bond acceptors (Lipinski definition) is 4. The van der Waals surface area contributed by atoms with Crippen molar-refractivity contribution in [2.75, 3.05) is 11.1 Å². The number of fused-ring (bicyclic) bond motifs is 1. The Morgan fingerprint density at radius 2 is 2.40 bits per heavy atom. The fraction of sp³-hybridized carbons (Fsp3) is 0.111. The third-order valence-electron chi connectivity index (χ3n) is 2.02. The number of benzene rings is 1. The van der Waals surface area contributed by atoms with Crippen LogP contribution in [0.4, 0.5) is 5.69 Å². The van der Waals surface area contributed by atoms with E-state index in [4.69, 9.17) is 10.9 Å². The van der Waals surface area contributed by atoms with E-state index in [0.717, 1.165) is 4.90 Å². The zero-order valence-electron chi connectivity index (χ0n) is 7.73. The van der Waals surface area contributed by atoms with Crippen LogP contribution < -0.4 is 11.1 Å². The van der Waals surface area contributed by atoms with E-state index < -0.39 is 0 Å². The predicted octanol–water partition coefficient (Wildman–Crippen LogP) is 0.825. The lowest BCUT2D eigenvalue weighted by Gasteiger charge is -2.16. The molecule has 0 aromatic heterocycles. The second-order valence-electron chi connectivity index (χ2n) is 3.03. The number of anilines is 1. The number of nitrogens with zero attached hydrogens (tertiary/aromatic N) is 1. The third kappa shape index (κ3) is 1.89. The van der Waals surface area contributed by atoms with Crippen molar-refractivity contribution < 1.29 is 10.0 Å². The summed E-state index contributed by atoms with van der Waals surface area (Å²) in [4.78, 5) is 12.1. The summed E-state index contributed by atoms with van der Waals surface area (Å²) in [5.41, 5.74) is 6.73. The minimum absolute atomic E-state index is 0.0302. The summed E-state index contributed by atoms with van der Waals surface area (Å²) in [5.74, 6) is 0.419. The summed E-state index contributed by atoms with van der Waals surface area (Å²) < 4.78 is 0. The second-order valence-corrected chi connectivity index (χ2v) is 4.05. The molecule has 0 fully saturated rings. The van der Waals surface area contributed by atoms with Crippen molar-refractivity contribution in [3.63, 3.8) is 0 Å². The van der Waals surface area contributed by atoms with Crippen LogP contribution in [0.2, 0.25) is 0 Å². The minimum Gasteiger partial charge on any atom is -0.409 e. The van der Waals surface area contributed by atoms with Crippen LogP contribution in [0.3, 0.4) is 0 Å². The van der Waals surface area contributed by atoms with Crippen LogP contribution in [0.5, 0.6) is 0 Å². The highest BCUT2D eigenvalue weighted by Crippen LogP contribution is 2.31. The largest absolute Gasteiger partial charge is 0.409 e. The normalized spacial score (nSPS) is 15.7. The van der Waals surface area contributed by atoms with E-state index in [1.807, 2.05) is 6.07 Å². The third-order valence-corrected chi connectivity index (χ3v) is 3.09. The van der Waals surface area contributed by atoms with Gasteiger partial charge in [-0.3, -0.25) is 4.79 Å². The first kappa shape index (κ1) is 9.85. The number of nitrogens with two attached hydrogens (primary N) is 1. The molecule has 0 atom stereocenters. The molecule has 0 spiro atoms. The number of rotatable bonds is 1. The van der Waals surface area contributed by atoms with Gasteiger partial charge in [-0.15, -0.1) is 11.8 Å². The lowest BCUT2D eigenvalue weighted by atomic mass is 10.2. The smallest absolute Gasteiger partial charge is 0.234 e. The van der Waals surface area contributed by atoms with Gasteiger partial charge in [0.05, 0.1) is 11.4 Å². The molecule has 1 amide bonds. The fourth-order valence-electron chi connectivity index (χ4n) is 1.30. The van der Waals surface area contributed by atoms with E-state index in [1.54, 1.807) is 12.1 Å². The molecule has 0 radical (unpaired) electrons. The van der Waals surface area contributed by atoms with Gasteiger partial charge in [0.25, 0.3) is 0 Å². The number of oxime groups is 1. The molecule has 5 nitrogen and oxygen atoms in total. The van der Waals surface area contributed by atoms with Gasteiger partial charge in [-0.05, 0) is 18.2 Å². The first-order chi connectivity index (χ1) is 7.20. The van der Waals surface area contributed by atoms with E-state index in [0.29, 0.717) is 17.0 Å². The summed E-state index contributed by atoms with van der Waals surface area (Å²) in [7, 11) is 0. The Bertz CT molecular complexity index is 445.